The molecule has 6 rings (SSSR count). The first-order chi connectivity index (χ1) is 19.7. The normalized spacial score (nSPS) is 16.1. The van der Waals surface area contributed by atoms with E-state index in [0.29, 0.717) is 22.9 Å². The predicted octanol–water partition coefficient (Wildman–Crippen LogP) is 7.16. The Bertz CT molecular complexity index is 1710. The minimum Gasteiger partial charge on any atom is -0.493 e. The van der Waals surface area contributed by atoms with Gasteiger partial charge in [0.25, 0.3) is 5.91 Å². The molecule has 0 spiro atoms. The summed E-state index contributed by atoms with van der Waals surface area (Å²) in [5.74, 6) is 7.56. The van der Waals surface area contributed by atoms with Gasteiger partial charge in [0.05, 0.1) is 23.7 Å². The first-order valence-corrected chi connectivity index (χ1v) is 13.4. The van der Waals surface area contributed by atoms with Gasteiger partial charge in [0, 0.05) is 22.2 Å². The van der Waals surface area contributed by atoms with Gasteiger partial charge in [-0.3, -0.25) is 14.7 Å². The van der Waals surface area contributed by atoms with Crippen LogP contribution in [0, 0.1) is 11.8 Å². The third-order valence-electron chi connectivity index (χ3n) is 6.87. The van der Waals surface area contributed by atoms with Gasteiger partial charge in [-0.2, -0.15) is 0 Å². The number of carbonyl (C=O) groups excluding carboxylic acids is 1. The number of fused-ring (bicyclic) bond motifs is 2. The highest BCUT2D eigenvalue weighted by Crippen LogP contribution is 2.39. The summed E-state index contributed by atoms with van der Waals surface area (Å²) in [6.07, 6.45) is 1.73. The average Bonchev–Trinajstić information content (AvgIpc) is 3.00. The molecule has 1 aliphatic rings. The second-order valence-electron chi connectivity index (χ2n) is 9.36. The number of amides is 1. The average molecular weight is 545 g/mol. The van der Waals surface area contributed by atoms with E-state index in [1.165, 1.54) is 0 Å². The molecule has 4 aromatic carbocycles. The highest BCUT2D eigenvalue weighted by Gasteiger charge is 2.41. The molecule has 0 radical (unpaired) electrons. The Morgan fingerprint density at radius 1 is 0.825 bits per heavy atom. The van der Waals surface area contributed by atoms with E-state index in [-0.39, 0.29) is 18.4 Å². The summed E-state index contributed by atoms with van der Waals surface area (Å²) in [5.41, 5.74) is 2.78. The van der Waals surface area contributed by atoms with Crippen LogP contribution in [-0.2, 0) is 0 Å². The van der Waals surface area contributed by atoms with Crippen LogP contribution in [0.3, 0.4) is 0 Å². The van der Waals surface area contributed by atoms with Gasteiger partial charge in [-0.25, -0.2) is 0 Å². The van der Waals surface area contributed by atoms with Crippen molar-refractivity contribution >= 4 is 34.1 Å². The zero-order valence-corrected chi connectivity index (χ0v) is 22.3. The lowest BCUT2D eigenvalue weighted by Gasteiger charge is -2.39. The van der Waals surface area contributed by atoms with Gasteiger partial charge in [0.15, 0.2) is 0 Å². The van der Waals surface area contributed by atoms with Crippen molar-refractivity contribution in [3.8, 4) is 23.3 Å². The summed E-state index contributed by atoms with van der Waals surface area (Å²) in [4.78, 5) is 20.6. The molecule has 1 aromatic heterocycles. The van der Waals surface area contributed by atoms with Gasteiger partial charge in [0.2, 0.25) is 0 Å². The van der Waals surface area contributed by atoms with Crippen molar-refractivity contribution in [1.82, 2.24) is 4.98 Å². The molecule has 0 saturated carbocycles. The van der Waals surface area contributed by atoms with Gasteiger partial charge < -0.3 is 9.47 Å². The molecule has 0 bridgehead atoms. The number of hydrogen-bond donors (Lipinski definition) is 0. The van der Waals surface area contributed by atoms with Gasteiger partial charge in [-0.15, -0.1) is 0 Å². The Labute approximate surface area is 238 Å². The number of benzene rings is 4. The Morgan fingerprint density at radius 3 is 2.33 bits per heavy atom. The molecule has 0 fully saturated rings. The van der Waals surface area contributed by atoms with Crippen molar-refractivity contribution in [2.24, 2.45) is 0 Å². The van der Waals surface area contributed by atoms with Crippen molar-refractivity contribution < 1.29 is 14.3 Å². The third-order valence-corrected chi connectivity index (χ3v) is 7.11. The number of pyridine rings is 1. The molecule has 2 heterocycles. The fourth-order valence-electron chi connectivity index (χ4n) is 5.02. The Hall–Kier alpha value is -4.79. The molecule has 196 valence electrons. The van der Waals surface area contributed by atoms with E-state index in [2.05, 4.69) is 16.8 Å². The zero-order valence-electron chi connectivity index (χ0n) is 21.5. The zero-order chi connectivity index (χ0) is 27.3. The van der Waals surface area contributed by atoms with E-state index in [1.807, 2.05) is 97.1 Å². The number of anilines is 1. The summed E-state index contributed by atoms with van der Waals surface area (Å²) in [6.45, 7) is 0.482. The number of rotatable bonds is 6. The number of hydrogen-bond acceptors (Lipinski definition) is 4. The van der Waals surface area contributed by atoms with Crippen molar-refractivity contribution in [2.75, 3.05) is 18.1 Å². The standard InChI is InChI=1S/C34H25ClN2O3/c35-25-18-19-28-29(22-25)34(38)37(32-16-7-10-24-11-8-20-36-33(24)32)31(17-9-21-39-26-12-3-1-4-13-26)30(28)23-40-27-14-5-2-6-15-27/h1-8,10-16,18-20,22,30-31H,21,23H2. The molecule has 1 aliphatic heterocycles. The predicted molar refractivity (Wildman–Crippen MR) is 158 cm³/mol. The molecule has 5 aromatic rings. The molecule has 2 atom stereocenters. The van der Waals surface area contributed by atoms with Crippen molar-refractivity contribution in [3.63, 3.8) is 0 Å². The molecule has 5 nitrogen and oxygen atoms in total. The number of para-hydroxylation sites is 3. The molecule has 6 heteroatoms. The summed E-state index contributed by atoms with van der Waals surface area (Å²) >= 11 is 6.39. The van der Waals surface area contributed by atoms with Crippen LogP contribution in [0.4, 0.5) is 5.69 Å². The molecular weight excluding hydrogens is 520 g/mol. The number of nitrogens with zero attached hydrogens (tertiary/aromatic N) is 2. The van der Waals surface area contributed by atoms with E-state index >= 15 is 0 Å². The van der Waals surface area contributed by atoms with E-state index in [1.54, 1.807) is 23.2 Å². The van der Waals surface area contributed by atoms with E-state index < -0.39 is 6.04 Å². The lowest BCUT2D eigenvalue weighted by molar-refractivity contribution is 0.0963. The van der Waals surface area contributed by atoms with Gasteiger partial charge >= 0.3 is 0 Å². The lowest BCUT2D eigenvalue weighted by atomic mass is 9.83. The molecule has 0 aliphatic carbocycles. The highest BCUT2D eigenvalue weighted by atomic mass is 35.5. The van der Waals surface area contributed by atoms with Crippen LogP contribution >= 0.6 is 11.6 Å². The second kappa shape index (κ2) is 11.5. The fraction of sp³-hybridized carbons (Fsp3) is 0.118. The van der Waals surface area contributed by atoms with E-state index in [4.69, 9.17) is 21.1 Å². The largest absolute Gasteiger partial charge is 0.493 e. The Morgan fingerprint density at radius 2 is 1.55 bits per heavy atom. The van der Waals surface area contributed by atoms with E-state index in [0.717, 1.165) is 28.0 Å². The number of carbonyl (C=O) groups is 1. The molecule has 0 saturated heterocycles. The van der Waals surface area contributed by atoms with Gasteiger partial charge in [0.1, 0.15) is 24.1 Å². The first kappa shape index (κ1) is 25.5. The summed E-state index contributed by atoms with van der Waals surface area (Å²) in [6, 6.07) is 33.7. The molecule has 0 N–H and O–H groups in total. The van der Waals surface area contributed by atoms with Gasteiger partial charge in [-0.05, 0) is 54.1 Å². The van der Waals surface area contributed by atoms with Crippen molar-refractivity contribution in [1.29, 1.82) is 0 Å². The maximum absolute atomic E-state index is 14.2. The Balaban J connectivity index is 1.45. The fourth-order valence-corrected chi connectivity index (χ4v) is 5.19. The minimum atomic E-state index is -0.545. The van der Waals surface area contributed by atoms with Crippen LogP contribution in [0.15, 0.2) is 115 Å². The summed E-state index contributed by atoms with van der Waals surface area (Å²) in [5, 5.41) is 1.42. The Kier molecular flexibility index (Phi) is 7.34. The topological polar surface area (TPSA) is 51.7 Å². The molecular formula is C34H25ClN2O3. The van der Waals surface area contributed by atoms with Crippen LogP contribution in [0.5, 0.6) is 11.5 Å². The molecule has 40 heavy (non-hydrogen) atoms. The molecule has 2 unspecified atom stereocenters. The second-order valence-corrected chi connectivity index (χ2v) is 9.79. The smallest absolute Gasteiger partial charge is 0.259 e. The van der Waals surface area contributed by atoms with Gasteiger partial charge in [-0.1, -0.05) is 84.1 Å². The quantitative estimate of drug-likeness (QED) is 0.213. The summed E-state index contributed by atoms with van der Waals surface area (Å²) < 4.78 is 12.1. The van der Waals surface area contributed by atoms with Crippen molar-refractivity contribution in [2.45, 2.75) is 12.0 Å². The maximum Gasteiger partial charge on any atom is 0.259 e. The van der Waals surface area contributed by atoms with Crippen molar-refractivity contribution in [3.05, 3.63) is 132 Å². The lowest BCUT2D eigenvalue weighted by Crippen LogP contribution is -2.49. The molecule has 1 amide bonds. The number of halogens is 1. The number of aromatic nitrogens is 1. The maximum atomic E-state index is 14.2. The summed E-state index contributed by atoms with van der Waals surface area (Å²) in [7, 11) is 0. The SMILES string of the molecule is O=C1c2cc(Cl)ccc2C(COc2ccccc2)C(C#CCOc2ccccc2)N1c1cccc2cccnc12. The van der Waals surface area contributed by atoms with E-state index in [9.17, 15) is 4.79 Å². The van der Waals surface area contributed by atoms with Crippen LogP contribution in [0.25, 0.3) is 10.9 Å². The first-order valence-electron chi connectivity index (χ1n) is 13.0. The van der Waals surface area contributed by atoms with Crippen LogP contribution in [-0.4, -0.2) is 30.1 Å². The van der Waals surface area contributed by atoms with Crippen LogP contribution in [0.1, 0.15) is 21.8 Å². The highest BCUT2D eigenvalue weighted by molar-refractivity contribution is 6.31. The van der Waals surface area contributed by atoms with Crippen LogP contribution < -0.4 is 14.4 Å². The third kappa shape index (κ3) is 5.22. The monoisotopic (exact) mass is 544 g/mol. The minimum absolute atomic E-state index is 0.177. The van der Waals surface area contributed by atoms with Crippen LogP contribution in [0.2, 0.25) is 5.02 Å². The number of ether oxygens (including phenoxy) is 2.